The molecule has 9 heteroatoms. The van der Waals surface area contributed by atoms with E-state index in [1.54, 1.807) is 20.1 Å². The fourth-order valence-corrected chi connectivity index (χ4v) is 3.78. The van der Waals surface area contributed by atoms with Crippen LogP contribution in [0.15, 0.2) is 50.1 Å². The number of hydrogen-bond acceptors (Lipinski definition) is 7. The summed E-state index contributed by atoms with van der Waals surface area (Å²) in [4.78, 5) is 25.2. The third-order valence-corrected chi connectivity index (χ3v) is 5.48. The maximum absolute atomic E-state index is 12.7. The number of nitrogens with one attached hydrogen (secondary N) is 2. The van der Waals surface area contributed by atoms with E-state index in [-0.39, 0.29) is 30.4 Å². The molecule has 1 saturated heterocycles. The number of benzene rings is 1. The SMILES string of the molecule is COc1cccc(-c2cc(CNC(=O)c3c(C)cc(C4CCNCC4)oc3=O)no2)c1.Cl. The van der Waals surface area contributed by atoms with E-state index in [4.69, 9.17) is 13.7 Å². The Morgan fingerprint density at radius 1 is 1.25 bits per heavy atom. The van der Waals surface area contributed by atoms with Crippen LogP contribution in [0.25, 0.3) is 11.3 Å². The molecule has 1 aliphatic rings. The van der Waals surface area contributed by atoms with Crippen molar-refractivity contribution in [2.24, 2.45) is 0 Å². The normalized spacial score (nSPS) is 13.9. The first-order valence-electron chi connectivity index (χ1n) is 10.3. The molecule has 170 valence electrons. The number of rotatable bonds is 6. The molecule has 0 unspecified atom stereocenters. The molecule has 32 heavy (non-hydrogen) atoms. The van der Waals surface area contributed by atoms with Gasteiger partial charge < -0.3 is 24.3 Å². The van der Waals surface area contributed by atoms with E-state index in [9.17, 15) is 9.59 Å². The zero-order valence-corrected chi connectivity index (χ0v) is 18.8. The van der Waals surface area contributed by atoms with Gasteiger partial charge in [-0.2, -0.15) is 0 Å². The van der Waals surface area contributed by atoms with Gasteiger partial charge in [0.2, 0.25) is 0 Å². The molecule has 0 radical (unpaired) electrons. The minimum atomic E-state index is -0.608. The van der Waals surface area contributed by atoms with Gasteiger partial charge in [0.25, 0.3) is 5.91 Å². The quantitative estimate of drug-likeness (QED) is 0.581. The highest BCUT2D eigenvalue weighted by atomic mass is 35.5. The van der Waals surface area contributed by atoms with Crippen molar-refractivity contribution >= 4 is 18.3 Å². The third-order valence-electron chi connectivity index (χ3n) is 5.48. The minimum absolute atomic E-state index is 0. The molecule has 3 aromatic rings. The zero-order valence-electron chi connectivity index (χ0n) is 18.0. The maximum Gasteiger partial charge on any atom is 0.349 e. The molecule has 8 nitrogen and oxygen atoms in total. The number of ether oxygens (including phenoxy) is 1. The van der Waals surface area contributed by atoms with Crippen LogP contribution in [0.1, 0.15) is 46.1 Å². The summed E-state index contributed by atoms with van der Waals surface area (Å²) in [6.45, 7) is 3.67. The van der Waals surface area contributed by atoms with Gasteiger partial charge in [-0.05, 0) is 56.6 Å². The summed E-state index contributed by atoms with van der Waals surface area (Å²) in [6.07, 6.45) is 1.82. The Labute approximate surface area is 191 Å². The van der Waals surface area contributed by atoms with Crippen LogP contribution in [0.4, 0.5) is 0 Å². The Hall–Kier alpha value is -3.10. The van der Waals surface area contributed by atoms with Crippen molar-refractivity contribution in [1.29, 1.82) is 0 Å². The van der Waals surface area contributed by atoms with Gasteiger partial charge >= 0.3 is 5.63 Å². The van der Waals surface area contributed by atoms with Crippen molar-refractivity contribution in [3.63, 3.8) is 0 Å². The van der Waals surface area contributed by atoms with Crippen LogP contribution in [0.3, 0.4) is 0 Å². The second-order valence-electron chi connectivity index (χ2n) is 7.62. The van der Waals surface area contributed by atoms with E-state index in [1.807, 2.05) is 30.3 Å². The monoisotopic (exact) mass is 459 g/mol. The number of halogens is 1. The van der Waals surface area contributed by atoms with Crippen molar-refractivity contribution in [2.45, 2.75) is 32.2 Å². The number of carbonyl (C=O) groups is 1. The molecule has 0 atom stereocenters. The van der Waals surface area contributed by atoms with Crippen molar-refractivity contribution in [2.75, 3.05) is 20.2 Å². The summed E-state index contributed by atoms with van der Waals surface area (Å²) >= 11 is 0. The molecular weight excluding hydrogens is 434 g/mol. The van der Waals surface area contributed by atoms with Gasteiger partial charge in [-0.25, -0.2) is 4.79 Å². The van der Waals surface area contributed by atoms with Gasteiger partial charge in [0, 0.05) is 17.5 Å². The summed E-state index contributed by atoms with van der Waals surface area (Å²) < 4.78 is 16.1. The van der Waals surface area contributed by atoms with Crippen molar-refractivity contribution in [3.8, 4) is 17.1 Å². The molecule has 1 fully saturated rings. The second kappa shape index (κ2) is 10.5. The Kier molecular flexibility index (Phi) is 7.71. The first-order valence-corrected chi connectivity index (χ1v) is 10.3. The van der Waals surface area contributed by atoms with Gasteiger partial charge in [-0.3, -0.25) is 4.79 Å². The molecule has 1 aliphatic heterocycles. The highest BCUT2D eigenvalue weighted by molar-refractivity contribution is 5.95. The molecule has 1 amide bonds. The van der Waals surface area contributed by atoms with Crippen LogP contribution in [0, 0.1) is 6.92 Å². The number of aromatic nitrogens is 1. The third kappa shape index (κ3) is 5.20. The smallest absolute Gasteiger partial charge is 0.349 e. The van der Waals surface area contributed by atoms with Crippen LogP contribution in [-0.2, 0) is 6.54 Å². The minimum Gasteiger partial charge on any atom is -0.497 e. The summed E-state index contributed by atoms with van der Waals surface area (Å²) in [5.41, 5.74) is 1.38. The first kappa shape index (κ1) is 23.6. The lowest BCUT2D eigenvalue weighted by atomic mass is 9.94. The van der Waals surface area contributed by atoms with E-state index in [0.29, 0.717) is 28.5 Å². The number of methoxy groups -OCH3 is 1. The topological polar surface area (TPSA) is 107 Å². The van der Waals surface area contributed by atoms with E-state index < -0.39 is 11.5 Å². The average molecular weight is 460 g/mol. The van der Waals surface area contributed by atoms with Crippen molar-refractivity contribution in [3.05, 3.63) is 69.4 Å². The number of amides is 1. The number of carbonyl (C=O) groups excluding carboxylic acids is 1. The second-order valence-corrected chi connectivity index (χ2v) is 7.62. The number of piperidine rings is 1. The molecule has 0 bridgehead atoms. The summed E-state index contributed by atoms with van der Waals surface area (Å²) in [5, 5.41) is 10.0. The molecule has 2 aromatic heterocycles. The standard InChI is InChI=1S/C23H25N3O5.ClH/c1-14-10-19(15-6-8-24-9-7-15)30-23(28)21(14)22(27)25-13-17-12-20(31-26-17)16-4-3-5-18(11-16)29-2;/h3-5,10-12,15,24H,6-9,13H2,1-2H3,(H,25,27);1H. The summed E-state index contributed by atoms with van der Waals surface area (Å²) in [5.74, 6) is 1.63. The molecule has 2 N–H and O–H groups in total. The Balaban J connectivity index is 0.00000289. The molecule has 0 aliphatic carbocycles. The highest BCUT2D eigenvalue weighted by Crippen LogP contribution is 2.26. The highest BCUT2D eigenvalue weighted by Gasteiger charge is 2.22. The van der Waals surface area contributed by atoms with E-state index >= 15 is 0 Å². The van der Waals surface area contributed by atoms with E-state index in [2.05, 4.69) is 15.8 Å². The number of aryl methyl sites for hydroxylation is 1. The lowest BCUT2D eigenvalue weighted by molar-refractivity contribution is 0.0944. The van der Waals surface area contributed by atoms with Crippen LogP contribution in [0.5, 0.6) is 5.75 Å². The number of nitrogens with zero attached hydrogens (tertiary/aromatic N) is 1. The molecule has 3 heterocycles. The molecule has 0 spiro atoms. The average Bonchev–Trinajstić information content (AvgIpc) is 3.27. The molecule has 4 rings (SSSR count). The summed E-state index contributed by atoms with van der Waals surface area (Å²) in [6, 6.07) is 11.0. The fraction of sp³-hybridized carbons (Fsp3) is 0.348. The van der Waals surface area contributed by atoms with Gasteiger partial charge in [-0.15, -0.1) is 12.4 Å². The van der Waals surface area contributed by atoms with Crippen LogP contribution < -0.4 is 21.0 Å². The fourth-order valence-electron chi connectivity index (χ4n) is 3.78. The van der Waals surface area contributed by atoms with Gasteiger partial charge in [0.15, 0.2) is 5.76 Å². The van der Waals surface area contributed by atoms with Gasteiger partial charge in [0.05, 0.1) is 13.7 Å². The van der Waals surface area contributed by atoms with E-state index in [0.717, 1.165) is 31.5 Å². The summed E-state index contributed by atoms with van der Waals surface area (Å²) in [7, 11) is 1.60. The van der Waals surface area contributed by atoms with Crippen molar-refractivity contribution < 1.29 is 18.5 Å². The van der Waals surface area contributed by atoms with E-state index in [1.165, 1.54) is 0 Å². The largest absolute Gasteiger partial charge is 0.497 e. The molecular formula is C23H26ClN3O5. The molecule has 1 aromatic carbocycles. The number of hydrogen-bond donors (Lipinski definition) is 2. The van der Waals surface area contributed by atoms with Gasteiger partial charge in [-0.1, -0.05) is 17.3 Å². The molecule has 0 saturated carbocycles. The maximum atomic E-state index is 12.7. The van der Waals surface area contributed by atoms with Gasteiger partial charge in [0.1, 0.15) is 22.8 Å². The Morgan fingerprint density at radius 3 is 2.75 bits per heavy atom. The predicted molar refractivity (Wildman–Crippen MR) is 121 cm³/mol. The zero-order chi connectivity index (χ0) is 21.8. The van der Waals surface area contributed by atoms with Crippen LogP contribution in [0.2, 0.25) is 0 Å². The van der Waals surface area contributed by atoms with Crippen LogP contribution in [-0.4, -0.2) is 31.3 Å². The predicted octanol–water partition coefficient (Wildman–Crippen LogP) is 3.43. The lowest BCUT2D eigenvalue weighted by Gasteiger charge is -2.21. The lowest BCUT2D eigenvalue weighted by Crippen LogP contribution is -2.30. The first-order chi connectivity index (χ1) is 15.0. The van der Waals surface area contributed by atoms with Crippen molar-refractivity contribution in [1.82, 2.24) is 15.8 Å². The Bertz CT molecular complexity index is 1130. The van der Waals surface area contributed by atoms with Crippen LogP contribution >= 0.6 is 12.4 Å². The Morgan fingerprint density at radius 2 is 2.03 bits per heavy atom.